The van der Waals surface area contributed by atoms with E-state index in [-0.39, 0.29) is 11.2 Å². The van der Waals surface area contributed by atoms with E-state index < -0.39 is 0 Å². The maximum absolute atomic E-state index is 13.1. The fourth-order valence-electron chi connectivity index (χ4n) is 1.30. The van der Waals surface area contributed by atoms with Crippen LogP contribution in [0.25, 0.3) is 0 Å². The third-order valence-corrected chi connectivity index (χ3v) is 4.60. The van der Waals surface area contributed by atoms with Crippen molar-refractivity contribution < 1.29 is 4.39 Å². The van der Waals surface area contributed by atoms with E-state index in [1.165, 1.54) is 17.4 Å². The molecule has 0 aliphatic carbocycles. The van der Waals surface area contributed by atoms with Gasteiger partial charge in [0.2, 0.25) is 0 Å². The van der Waals surface area contributed by atoms with Crippen LogP contribution in [0.15, 0.2) is 34.8 Å². The normalized spacial score (nSPS) is 12.8. The molecule has 2 aromatic rings. The number of thiophene rings is 1. The van der Waals surface area contributed by atoms with Gasteiger partial charge in [-0.05, 0) is 45.8 Å². The summed E-state index contributed by atoms with van der Waals surface area (Å²) in [4.78, 5) is 0.949. The molecule has 2 rings (SSSR count). The zero-order valence-corrected chi connectivity index (χ0v) is 11.8. The van der Waals surface area contributed by atoms with Gasteiger partial charge < -0.3 is 0 Å². The van der Waals surface area contributed by atoms with Gasteiger partial charge in [0, 0.05) is 4.88 Å². The Morgan fingerprint density at radius 1 is 1.25 bits per heavy atom. The lowest BCUT2D eigenvalue weighted by Crippen LogP contribution is -1.91. The van der Waals surface area contributed by atoms with Crippen LogP contribution in [0, 0.1) is 5.82 Å². The van der Waals surface area contributed by atoms with Crippen molar-refractivity contribution in [2.45, 2.75) is 5.38 Å². The summed E-state index contributed by atoms with van der Waals surface area (Å²) in [6.07, 6.45) is 0. The van der Waals surface area contributed by atoms with Crippen molar-refractivity contribution >= 4 is 50.5 Å². The van der Waals surface area contributed by atoms with Gasteiger partial charge in [-0.25, -0.2) is 4.39 Å². The molecule has 0 aliphatic rings. The van der Waals surface area contributed by atoms with Crippen LogP contribution in [-0.2, 0) is 0 Å². The van der Waals surface area contributed by atoms with E-state index >= 15 is 0 Å². The van der Waals surface area contributed by atoms with E-state index in [0.29, 0.717) is 8.81 Å². The van der Waals surface area contributed by atoms with Crippen LogP contribution >= 0.6 is 50.5 Å². The molecule has 1 heterocycles. The van der Waals surface area contributed by atoms with Crippen molar-refractivity contribution in [2.24, 2.45) is 0 Å². The van der Waals surface area contributed by atoms with E-state index in [0.717, 1.165) is 10.4 Å². The minimum absolute atomic E-state index is 0.295. The van der Waals surface area contributed by atoms with Crippen LogP contribution in [-0.4, -0.2) is 0 Å². The highest BCUT2D eigenvalue weighted by molar-refractivity contribution is 9.10. The first kappa shape index (κ1) is 12.4. The van der Waals surface area contributed by atoms with Gasteiger partial charge >= 0.3 is 0 Å². The summed E-state index contributed by atoms with van der Waals surface area (Å²) in [6, 6.07) is 8.42. The molecule has 0 nitrogen and oxygen atoms in total. The molecule has 5 heteroatoms. The summed E-state index contributed by atoms with van der Waals surface area (Å²) in [7, 11) is 0. The summed E-state index contributed by atoms with van der Waals surface area (Å²) in [5, 5.41) is -0.297. The smallest absolute Gasteiger partial charge is 0.137 e. The maximum Gasteiger partial charge on any atom is 0.137 e. The average Bonchev–Trinajstić information content (AvgIpc) is 2.68. The van der Waals surface area contributed by atoms with Crippen molar-refractivity contribution in [3.05, 3.63) is 55.4 Å². The van der Waals surface area contributed by atoms with Gasteiger partial charge in [-0.3, -0.25) is 0 Å². The lowest BCUT2D eigenvalue weighted by Gasteiger charge is -2.08. The molecule has 1 aromatic heterocycles. The summed E-state index contributed by atoms with van der Waals surface area (Å²) < 4.78 is 14.2. The molecule has 0 saturated carbocycles. The predicted molar refractivity (Wildman–Crippen MR) is 71.1 cm³/mol. The molecule has 0 aliphatic heterocycles. The topological polar surface area (TPSA) is 0 Å². The minimum atomic E-state index is -0.297. The highest BCUT2D eigenvalue weighted by atomic mass is 79.9. The molecule has 0 bridgehead atoms. The van der Waals surface area contributed by atoms with Crippen molar-refractivity contribution in [3.8, 4) is 0 Å². The largest absolute Gasteiger partial charge is 0.206 e. The Morgan fingerprint density at radius 2 is 2.00 bits per heavy atom. The molecule has 0 radical (unpaired) electrons. The van der Waals surface area contributed by atoms with Crippen molar-refractivity contribution in [3.63, 3.8) is 0 Å². The zero-order valence-electron chi connectivity index (χ0n) is 7.88. The Kier molecular flexibility index (Phi) is 3.90. The second kappa shape index (κ2) is 5.05. The first-order valence-corrected chi connectivity index (χ1v) is 6.84. The fraction of sp³-hybridized carbons (Fsp3) is 0.0909. The van der Waals surface area contributed by atoms with Crippen LogP contribution in [0.5, 0.6) is 0 Å². The average molecular weight is 340 g/mol. The molecule has 1 unspecified atom stereocenters. The van der Waals surface area contributed by atoms with Crippen molar-refractivity contribution in [2.75, 3.05) is 0 Å². The van der Waals surface area contributed by atoms with Crippen molar-refractivity contribution in [1.82, 2.24) is 0 Å². The second-order valence-corrected chi connectivity index (χ2v) is 6.22. The van der Waals surface area contributed by atoms with E-state index in [2.05, 4.69) is 15.9 Å². The van der Waals surface area contributed by atoms with Gasteiger partial charge in [0.15, 0.2) is 0 Å². The van der Waals surface area contributed by atoms with E-state index in [1.54, 1.807) is 18.2 Å². The Balaban J connectivity index is 2.33. The molecule has 0 N–H and O–H groups in total. The van der Waals surface area contributed by atoms with E-state index in [1.807, 2.05) is 6.07 Å². The molecule has 0 spiro atoms. The molecular formula is C11H6BrCl2FS. The lowest BCUT2D eigenvalue weighted by atomic mass is 10.1. The number of hydrogen-bond acceptors (Lipinski definition) is 1. The highest BCUT2D eigenvalue weighted by Gasteiger charge is 2.14. The molecule has 1 atom stereocenters. The summed E-state index contributed by atoms with van der Waals surface area (Å²) in [5.74, 6) is -0.295. The second-order valence-electron chi connectivity index (χ2n) is 3.18. The Bertz CT molecular complexity index is 512. The summed E-state index contributed by atoms with van der Waals surface area (Å²) in [5.41, 5.74) is 0.841. The van der Waals surface area contributed by atoms with Gasteiger partial charge in [-0.15, -0.1) is 22.9 Å². The number of benzene rings is 1. The molecule has 16 heavy (non-hydrogen) atoms. The lowest BCUT2D eigenvalue weighted by molar-refractivity contribution is 0.620. The zero-order chi connectivity index (χ0) is 11.7. The summed E-state index contributed by atoms with van der Waals surface area (Å²) >= 11 is 16.7. The maximum atomic E-state index is 13.1. The third kappa shape index (κ3) is 2.59. The van der Waals surface area contributed by atoms with Crippen molar-refractivity contribution in [1.29, 1.82) is 0 Å². The van der Waals surface area contributed by atoms with Gasteiger partial charge in [0.25, 0.3) is 0 Å². The number of rotatable bonds is 2. The molecule has 0 saturated heterocycles. The van der Waals surface area contributed by atoms with Crippen LogP contribution in [0.4, 0.5) is 4.39 Å². The van der Waals surface area contributed by atoms with Crippen LogP contribution < -0.4 is 0 Å². The van der Waals surface area contributed by atoms with Gasteiger partial charge in [0.1, 0.15) is 5.82 Å². The van der Waals surface area contributed by atoms with E-state index in [4.69, 9.17) is 23.2 Å². The Labute approximate surface area is 115 Å². The SMILES string of the molecule is Fc1ccc(C(Cl)c2ccc(Cl)s2)cc1Br. The third-order valence-electron chi connectivity index (χ3n) is 2.08. The minimum Gasteiger partial charge on any atom is -0.206 e. The number of alkyl halides is 1. The van der Waals surface area contributed by atoms with Gasteiger partial charge in [0.05, 0.1) is 14.2 Å². The predicted octanol–water partition coefficient (Wildman–Crippen LogP) is 5.63. The molecule has 0 amide bonds. The van der Waals surface area contributed by atoms with Crippen LogP contribution in [0.2, 0.25) is 4.34 Å². The van der Waals surface area contributed by atoms with Gasteiger partial charge in [-0.1, -0.05) is 17.7 Å². The Morgan fingerprint density at radius 3 is 2.56 bits per heavy atom. The fourth-order valence-corrected chi connectivity index (χ4v) is 3.10. The van der Waals surface area contributed by atoms with Crippen LogP contribution in [0.3, 0.4) is 0 Å². The molecule has 0 fully saturated rings. The molecule has 1 aromatic carbocycles. The molecular weight excluding hydrogens is 334 g/mol. The monoisotopic (exact) mass is 338 g/mol. The number of halogens is 4. The van der Waals surface area contributed by atoms with E-state index in [9.17, 15) is 4.39 Å². The first-order valence-electron chi connectivity index (χ1n) is 4.42. The van der Waals surface area contributed by atoms with Gasteiger partial charge in [-0.2, -0.15) is 0 Å². The standard InChI is InChI=1S/C11H6BrCl2FS/c12-7-5-6(1-2-8(7)15)11(14)9-3-4-10(13)16-9/h1-5,11H. The quantitative estimate of drug-likeness (QED) is 0.622. The molecule has 84 valence electrons. The highest BCUT2D eigenvalue weighted by Crippen LogP contribution is 2.36. The Hall–Kier alpha value is -0.0900. The summed E-state index contributed by atoms with van der Waals surface area (Å²) in [6.45, 7) is 0. The van der Waals surface area contributed by atoms with Crippen LogP contribution in [0.1, 0.15) is 15.8 Å². The first-order chi connectivity index (χ1) is 7.58. The number of hydrogen-bond donors (Lipinski definition) is 0.